The molecule has 90 valence electrons. The van der Waals surface area contributed by atoms with Crippen LogP contribution in [0.5, 0.6) is 0 Å². The molecule has 5 heteroatoms. The summed E-state index contributed by atoms with van der Waals surface area (Å²) in [6, 6.07) is 9.61. The topological polar surface area (TPSA) is 61.6 Å². The van der Waals surface area contributed by atoms with E-state index in [-0.39, 0.29) is 11.9 Å². The number of aromatic nitrogens is 2. The molecule has 0 spiro atoms. The molecule has 2 rings (SSSR count). The van der Waals surface area contributed by atoms with Gasteiger partial charge >= 0.3 is 0 Å². The Balaban J connectivity index is 2.13. The normalized spacial score (nSPS) is 11.6. The van der Waals surface area contributed by atoms with Gasteiger partial charge in [0.05, 0.1) is 6.04 Å². The zero-order chi connectivity index (χ0) is 13.0. The third kappa shape index (κ3) is 2.80. The first-order chi connectivity index (χ1) is 8.69. The van der Waals surface area contributed by atoms with Gasteiger partial charge in [0.15, 0.2) is 0 Å². The summed E-state index contributed by atoms with van der Waals surface area (Å²) in [7, 11) is 0. The summed E-state index contributed by atoms with van der Waals surface area (Å²) in [5, 5.41) is 11.8. The maximum atomic E-state index is 12.8. The van der Waals surface area contributed by atoms with Crippen molar-refractivity contribution in [1.29, 1.82) is 5.26 Å². The van der Waals surface area contributed by atoms with Crippen molar-refractivity contribution in [2.75, 3.05) is 5.32 Å². The Morgan fingerprint density at radius 3 is 2.67 bits per heavy atom. The van der Waals surface area contributed by atoms with Crippen LogP contribution in [-0.4, -0.2) is 9.97 Å². The summed E-state index contributed by atoms with van der Waals surface area (Å²) in [5.41, 5.74) is 1.22. The molecular weight excluding hydrogens is 231 g/mol. The number of nitriles is 1. The number of benzene rings is 1. The molecule has 1 unspecified atom stereocenters. The second-order valence-corrected chi connectivity index (χ2v) is 3.79. The lowest BCUT2D eigenvalue weighted by atomic mass is 10.1. The highest BCUT2D eigenvalue weighted by Crippen LogP contribution is 2.16. The van der Waals surface area contributed by atoms with Crippen LogP contribution in [0.1, 0.15) is 24.2 Å². The molecule has 1 heterocycles. The van der Waals surface area contributed by atoms with Crippen molar-refractivity contribution in [1.82, 2.24) is 9.97 Å². The third-order valence-corrected chi connectivity index (χ3v) is 2.49. The third-order valence-electron chi connectivity index (χ3n) is 2.49. The molecule has 1 N–H and O–H groups in total. The maximum absolute atomic E-state index is 12.8. The van der Waals surface area contributed by atoms with E-state index in [0.29, 0.717) is 11.6 Å². The van der Waals surface area contributed by atoms with Crippen molar-refractivity contribution < 1.29 is 4.39 Å². The van der Waals surface area contributed by atoms with Crippen LogP contribution in [0.2, 0.25) is 0 Å². The summed E-state index contributed by atoms with van der Waals surface area (Å²) in [5.74, 6) is 0.111. The number of halogens is 1. The van der Waals surface area contributed by atoms with Crippen LogP contribution in [0, 0.1) is 17.1 Å². The second kappa shape index (κ2) is 5.23. The number of nitrogens with zero attached hydrogens (tertiary/aromatic N) is 3. The minimum atomic E-state index is -0.270. The van der Waals surface area contributed by atoms with Crippen molar-refractivity contribution in [3.05, 3.63) is 53.6 Å². The number of rotatable bonds is 3. The molecule has 0 radical (unpaired) electrons. The molecule has 0 aliphatic heterocycles. The predicted molar refractivity (Wildman–Crippen MR) is 65.2 cm³/mol. The highest BCUT2D eigenvalue weighted by molar-refractivity contribution is 5.34. The molecule has 0 saturated heterocycles. The van der Waals surface area contributed by atoms with Gasteiger partial charge < -0.3 is 5.32 Å². The molecule has 4 nitrogen and oxygen atoms in total. The van der Waals surface area contributed by atoms with Crippen molar-refractivity contribution in [2.45, 2.75) is 13.0 Å². The van der Waals surface area contributed by atoms with Crippen molar-refractivity contribution in [3.63, 3.8) is 0 Å². The van der Waals surface area contributed by atoms with Gasteiger partial charge in [0, 0.05) is 6.20 Å². The van der Waals surface area contributed by atoms with E-state index in [1.807, 2.05) is 13.0 Å². The first-order valence-corrected chi connectivity index (χ1v) is 5.44. The molecule has 1 aromatic heterocycles. The molecule has 18 heavy (non-hydrogen) atoms. The minimum absolute atomic E-state index is 0.0699. The van der Waals surface area contributed by atoms with Gasteiger partial charge in [0.1, 0.15) is 17.6 Å². The number of nitrogens with one attached hydrogen (secondary N) is 1. The molecular formula is C13H11FN4. The van der Waals surface area contributed by atoms with Gasteiger partial charge in [-0.15, -0.1) is 0 Å². The van der Waals surface area contributed by atoms with E-state index in [0.717, 1.165) is 5.56 Å². The van der Waals surface area contributed by atoms with E-state index >= 15 is 0 Å². The number of hydrogen-bond acceptors (Lipinski definition) is 4. The fourth-order valence-corrected chi connectivity index (χ4v) is 1.52. The van der Waals surface area contributed by atoms with Gasteiger partial charge in [0.25, 0.3) is 0 Å². The van der Waals surface area contributed by atoms with Crippen LogP contribution in [0.25, 0.3) is 0 Å². The molecule has 0 aliphatic rings. The van der Waals surface area contributed by atoms with E-state index in [4.69, 9.17) is 5.26 Å². The SMILES string of the molecule is CC(Nc1nccc(C#N)n1)c1ccc(F)cc1. The van der Waals surface area contributed by atoms with E-state index in [1.54, 1.807) is 12.1 Å². The van der Waals surface area contributed by atoms with Gasteiger partial charge in [-0.1, -0.05) is 12.1 Å². The number of hydrogen-bond donors (Lipinski definition) is 1. The van der Waals surface area contributed by atoms with Gasteiger partial charge in [-0.2, -0.15) is 5.26 Å². The van der Waals surface area contributed by atoms with Gasteiger partial charge in [-0.3, -0.25) is 0 Å². The highest BCUT2D eigenvalue weighted by atomic mass is 19.1. The zero-order valence-corrected chi connectivity index (χ0v) is 9.76. The second-order valence-electron chi connectivity index (χ2n) is 3.79. The Labute approximate surface area is 104 Å². The Hall–Kier alpha value is -2.48. The lowest BCUT2D eigenvalue weighted by Gasteiger charge is -2.13. The highest BCUT2D eigenvalue weighted by Gasteiger charge is 2.07. The van der Waals surface area contributed by atoms with Crippen molar-refractivity contribution >= 4 is 5.95 Å². The Kier molecular flexibility index (Phi) is 3.49. The fraction of sp³-hybridized carbons (Fsp3) is 0.154. The van der Waals surface area contributed by atoms with Gasteiger partial charge in [-0.25, -0.2) is 14.4 Å². The molecule has 0 aliphatic carbocycles. The monoisotopic (exact) mass is 242 g/mol. The quantitative estimate of drug-likeness (QED) is 0.898. The van der Waals surface area contributed by atoms with Gasteiger partial charge in [0.2, 0.25) is 5.95 Å². The maximum Gasteiger partial charge on any atom is 0.224 e. The Morgan fingerprint density at radius 1 is 1.28 bits per heavy atom. The smallest absolute Gasteiger partial charge is 0.224 e. The molecule has 1 aromatic carbocycles. The van der Waals surface area contributed by atoms with E-state index < -0.39 is 0 Å². The van der Waals surface area contributed by atoms with Gasteiger partial charge in [-0.05, 0) is 30.7 Å². The van der Waals surface area contributed by atoms with Crippen LogP contribution in [0.3, 0.4) is 0 Å². The molecule has 0 saturated carbocycles. The Bertz CT molecular complexity index is 574. The van der Waals surface area contributed by atoms with Crippen LogP contribution in [0.15, 0.2) is 36.5 Å². The average molecular weight is 242 g/mol. The first-order valence-electron chi connectivity index (χ1n) is 5.44. The van der Waals surface area contributed by atoms with E-state index in [2.05, 4.69) is 15.3 Å². The van der Waals surface area contributed by atoms with Crippen LogP contribution < -0.4 is 5.32 Å². The number of anilines is 1. The van der Waals surface area contributed by atoms with E-state index in [9.17, 15) is 4.39 Å². The fourth-order valence-electron chi connectivity index (χ4n) is 1.52. The predicted octanol–water partition coefficient (Wildman–Crippen LogP) is 2.66. The Morgan fingerprint density at radius 2 is 2.00 bits per heavy atom. The summed E-state index contributed by atoms with van der Waals surface area (Å²) < 4.78 is 12.8. The summed E-state index contributed by atoms with van der Waals surface area (Å²) in [6.45, 7) is 1.91. The average Bonchev–Trinajstić information content (AvgIpc) is 2.39. The largest absolute Gasteiger partial charge is 0.348 e. The molecule has 0 fully saturated rings. The molecule has 0 bridgehead atoms. The minimum Gasteiger partial charge on any atom is -0.348 e. The molecule has 0 amide bonds. The lowest BCUT2D eigenvalue weighted by Crippen LogP contribution is -2.09. The summed E-state index contributed by atoms with van der Waals surface area (Å²) in [4.78, 5) is 8.04. The first kappa shape index (κ1) is 12.0. The van der Waals surface area contributed by atoms with Crippen LogP contribution in [0.4, 0.5) is 10.3 Å². The molecule has 2 aromatic rings. The zero-order valence-electron chi connectivity index (χ0n) is 9.76. The van der Waals surface area contributed by atoms with Crippen LogP contribution in [-0.2, 0) is 0 Å². The molecule has 1 atom stereocenters. The van der Waals surface area contributed by atoms with E-state index in [1.165, 1.54) is 24.4 Å². The van der Waals surface area contributed by atoms with Crippen molar-refractivity contribution in [2.24, 2.45) is 0 Å². The summed E-state index contributed by atoms with van der Waals surface area (Å²) >= 11 is 0. The van der Waals surface area contributed by atoms with Crippen LogP contribution >= 0.6 is 0 Å². The lowest BCUT2D eigenvalue weighted by molar-refractivity contribution is 0.626. The standard InChI is InChI=1S/C13H11FN4/c1-9(10-2-4-11(14)5-3-10)17-13-16-7-6-12(8-15)18-13/h2-7,9H,1H3,(H,16,17,18). The summed E-state index contributed by atoms with van der Waals surface area (Å²) in [6.07, 6.45) is 1.52. The van der Waals surface area contributed by atoms with Crippen molar-refractivity contribution in [3.8, 4) is 6.07 Å².